The summed E-state index contributed by atoms with van der Waals surface area (Å²) in [4.78, 5) is 26.7. The molecule has 0 atom stereocenters. The van der Waals surface area contributed by atoms with E-state index < -0.39 is 10.0 Å². The molecule has 1 saturated heterocycles. The molecule has 1 aromatic carbocycles. The fourth-order valence-corrected chi connectivity index (χ4v) is 6.18. The lowest BCUT2D eigenvalue weighted by molar-refractivity contribution is -0.124. The maximum Gasteiger partial charge on any atom is 0.243 e. The van der Waals surface area contributed by atoms with Crippen molar-refractivity contribution in [1.29, 1.82) is 0 Å². The van der Waals surface area contributed by atoms with Gasteiger partial charge in [0.25, 0.3) is 0 Å². The van der Waals surface area contributed by atoms with Crippen molar-refractivity contribution in [2.45, 2.75) is 68.7 Å². The number of aryl methyl sites for hydroxylation is 1. The summed E-state index contributed by atoms with van der Waals surface area (Å²) in [6, 6.07) is 5.15. The third-order valence-corrected chi connectivity index (χ3v) is 8.12. The second-order valence-corrected chi connectivity index (χ2v) is 10.2. The maximum absolute atomic E-state index is 13.0. The van der Waals surface area contributed by atoms with Gasteiger partial charge < -0.3 is 10.2 Å². The number of hydrogen-bond acceptors (Lipinski definition) is 4. The van der Waals surface area contributed by atoms with Crippen molar-refractivity contribution in [3.63, 3.8) is 0 Å². The molecule has 1 aliphatic carbocycles. The molecule has 1 saturated carbocycles. The zero-order chi connectivity index (χ0) is 20.4. The Morgan fingerprint density at radius 2 is 1.76 bits per heavy atom. The molecule has 2 heterocycles. The monoisotopic (exact) mass is 419 g/mol. The molecular weight excluding hydrogens is 390 g/mol. The number of carbonyl (C=O) groups is 2. The van der Waals surface area contributed by atoms with Crippen LogP contribution in [0.15, 0.2) is 23.1 Å². The summed E-state index contributed by atoms with van der Waals surface area (Å²) in [7, 11) is -3.51. The first-order valence-electron chi connectivity index (χ1n) is 10.7. The summed E-state index contributed by atoms with van der Waals surface area (Å²) in [5.41, 5.74) is 1.47. The Hall–Kier alpha value is -1.93. The van der Waals surface area contributed by atoms with Gasteiger partial charge in [-0.2, -0.15) is 4.31 Å². The van der Waals surface area contributed by atoms with E-state index in [1.54, 1.807) is 22.5 Å². The van der Waals surface area contributed by atoms with Gasteiger partial charge >= 0.3 is 0 Å². The third kappa shape index (κ3) is 4.33. The zero-order valence-electron chi connectivity index (χ0n) is 16.7. The van der Waals surface area contributed by atoms with Crippen LogP contribution in [0, 0.1) is 0 Å². The SMILES string of the molecule is O=C(CN1C(=O)CCc2cc(S(=O)(=O)N3CCCCC3)ccc21)NC1CCCC1. The van der Waals surface area contributed by atoms with Crippen molar-refractivity contribution >= 4 is 27.5 Å². The van der Waals surface area contributed by atoms with E-state index in [4.69, 9.17) is 0 Å². The molecule has 0 radical (unpaired) electrons. The highest BCUT2D eigenvalue weighted by Gasteiger charge is 2.31. The van der Waals surface area contributed by atoms with Crippen LogP contribution in [0.2, 0.25) is 0 Å². The van der Waals surface area contributed by atoms with Crippen molar-refractivity contribution in [1.82, 2.24) is 9.62 Å². The minimum absolute atomic E-state index is 0.0133. The lowest BCUT2D eigenvalue weighted by Gasteiger charge is -2.30. The number of anilines is 1. The van der Waals surface area contributed by atoms with Gasteiger partial charge in [0.15, 0.2) is 0 Å². The third-order valence-electron chi connectivity index (χ3n) is 6.23. The molecule has 0 bridgehead atoms. The number of carbonyl (C=O) groups excluding carboxylic acids is 2. The molecule has 2 fully saturated rings. The topological polar surface area (TPSA) is 86.8 Å². The lowest BCUT2D eigenvalue weighted by Crippen LogP contribution is -2.45. The molecule has 158 valence electrons. The van der Waals surface area contributed by atoms with E-state index in [0.717, 1.165) is 50.5 Å². The Bertz CT molecular complexity index is 887. The fourth-order valence-electron chi connectivity index (χ4n) is 4.61. The lowest BCUT2D eigenvalue weighted by atomic mass is 10.0. The van der Waals surface area contributed by atoms with Gasteiger partial charge in [-0.05, 0) is 55.9 Å². The standard InChI is InChI=1S/C21H29N3O4S/c25-20(22-17-6-2-3-7-17)15-24-19-10-9-18(14-16(19)8-11-21(24)26)29(27,28)23-12-4-1-5-13-23/h9-10,14,17H,1-8,11-13,15H2,(H,22,25). The van der Waals surface area contributed by atoms with Gasteiger partial charge in [-0.3, -0.25) is 9.59 Å². The van der Waals surface area contributed by atoms with E-state index in [2.05, 4.69) is 5.32 Å². The quantitative estimate of drug-likeness (QED) is 0.793. The molecule has 2 aliphatic heterocycles. The molecule has 2 amide bonds. The number of nitrogens with zero attached hydrogens (tertiary/aromatic N) is 2. The van der Waals surface area contributed by atoms with E-state index in [-0.39, 0.29) is 35.7 Å². The average molecular weight is 420 g/mol. The molecule has 4 rings (SSSR count). The van der Waals surface area contributed by atoms with Gasteiger partial charge in [-0.25, -0.2) is 8.42 Å². The van der Waals surface area contributed by atoms with Gasteiger partial charge in [0, 0.05) is 31.2 Å². The minimum Gasteiger partial charge on any atom is -0.352 e. The Balaban J connectivity index is 1.53. The molecule has 0 spiro atoms. The highest BCUT2D eigenvalue weighted by molar-refractivity contribution is 7.89. The van der Waals surface area contributed by atoms with Crippen molar-refractivity contribution in [2.24, 2.45) is 0 Å². The number of nitrogens with one attached hydrogen (secondary N) is 1. The van der Waals surface area contributed by atoms with E-state index in [0.29, 0.717) is 25.2 Å². The average Bonchev–Trinajstić information content (AvgIpc) is 3.23. The van der Waals surface area contributed by atoms with Crippen LogP contribution in [0.4, 0.5) is 5.69 Å². The summed E-state index contributed by atoms with van der Waals surface area (Å²) in [5, 5.41) is 3.02. The Labute approximate surface area is 172 Å². The molecule has 3 aliphatic rings. The molecule has 0 unspecified atom stereocenters. The number of sulfonamides is 1. The number of hydrogen-bond donors (Lipinski definition) is 1. The minimum atomic E-state index is -3.51. The predicted molar refractivity (Wildman–Crippen MR) is 110 cm³/mol. The van der Waals surface area contributed by atoms with Crippen LogP contribution < -0.4 is 10.2 Å². The Kier molecular flexibility index (Phi) is 5.92. The predicted octanol–water partition coefficient (Wildman–Crippen LogP) is 2.20. The molecule has 29 heavy (non-hydrogen) atoms. The first-order chi connectivity index (χ1) is 13.9. The number of piperidine rings is 1. The maximum atomic E-state index is 13.0. The summed E-state index contributed by atoms with van der Waals surface area (Å²) in [5.74, 6) is -0.242. The van der Waals surface area contributed by atoms with E-state index >= 15 is 0 Å². The largest absolute Gasteiger partial charge is 0.352 e. The Morgan fingerprint density at radius 3 is 2.48 bits per heavy atom. The first-order valence-corrected chi connectivity index (χ1v) is 12.1. The van der Waals surface area contributed by atoms with E-state index in [1.165, 1.54) is 4.90 Å². The van der Waals surface area contributed by atoms with Crippen LogP contribution in [0.1, 0.15) is 56.9 Å². The Morgan fingerprint density at radius 1 is 1.03 bits per heavy atom. The molecule has 7 nitrogen and oxygen atoms in total. The van der Waals surface area contributed by atoms with Crippen LogP contribution in [-0.2, 0) is 26.0 Å². The van der Waals surface area contributed by atoms with Crippen molar-refractivity contribution < 1.29 is 18.0 Å². The molecule has 0 aromatic heterocycles. The van der Waals surface area contributed by atoms with Crippen LogP contribution in [0.25, 0.3) is 0 Å². The van der Waals surface area contributed by atoms with E-state index in [9.17, 15) is 18.0 Å². The van der Waals surface area contributed by atoms with Crippen molar-refractivity contribution in [2.75, 3.05) is 24.5 Å². The summed E-state index contributed by atoms with van der Waals surface area (Å²) < 4.78 is 27.5. The van der Waals surface area contributed by atoms with Gasteiger partial charge in [0.2, 0.25) is 21.8 Å². The first kappa shape index (κ1) is 20.3. The summed E-state index contributed by atoms with van der Waals surface area (Å²) in [6.45, 7) is 1.11. The highest BCUT2D eigenvalue weighted by atomic mass is 32.2. The smallest absolute Gasteiger partial charge is 0.243 e. The molecule has 8 heteroatoms. The number of amides is 2. The van der Waals surface area contributed by atoms with Gasteiger partial charge in [-0.15, -0.1) is 0 Å². The normalized spacial score (nSPS) is 21.2. The van der Waals surface area contributed by atoms with Crippen molar-refractivity contribution in [3.05, 3.63) is 23.8 Å². The van der Waals surface area contributed by atoms with Gasteiger partial charge in [0.1, 0.15) is 6.54 Å². The van der Waals surface area contributed by atoms with Crippen molar-refractivity contribution in [3.8, 4) is 0 Å². The fraction of sp³-hybridized carbons (Fsp3) is 0.619. The van der Waals surface area contributed by atoms with Crippen LogP contribution in [0.3, 0.4) is 0 Å². The number of benzene rings is 1. The van der Waals surface area contributed by atoms with Crippen LogP contribution in [0.5, 0.6) is 0 Å². The van der Waals surface area contributed by atoms with Gasteiger partial charge in [-0.1, -0.05) is 19.3 Å². The second-order valence-electron chi connectivity index (χ2n) is 8.28. The molecular formula is C21H29N3O4S. The molecule has 1 N–H and O–H groups in total. The molecule has 1 aromatic rings. The second kappa shape index (κ2) is 8.44. The van der Waals surface area contributed by atoms with Gasteiger partial charge in [0.05, 0.1) is 4.90 Å². The van der Waals surface area contributed by atoms with E-state index in [1.807, 2.05) is 0 Å². The highest BCUT2D eigenvalue weighted by Crippen LogP contribution is 2.31. The van der Waals surface area contributed by atoms with Crippen LogP contribution in [-0.4, -0.2) is 50.2 Å². The number of fused-ring (bicyclic) bond motifs is 1. The van der Waals surface area contributed by atoms with Crippen LogP contribution >= 0.6 is 0 Å². The summed E-state index contributed by atoms with van der Waals surface area (Å²) in [6.07, 6.45) is 7.88. The zero-order valence-corrected chi connectivity index (χ0v) is 17.5. The summed E-state index contributed by atoms with van der Waals surface area (Å²) >= 11 is 0. The number of rotatable bonds is 5.